The Balaban J connectivity index is 3.43. The molecule has 1 rings (SSSR count). The van der Waals surface area contributed by atoms with Gasteiger partial charge in [0.05, 0.1) is 6.61 Å². The van der Waals surface area contributed by atoms with E-state index in [1.807, 2.05) is 39.0 Å². The first-order valence-electron chi connectivity index (χ1n) is 14.6. The highest BCUT2D eigenvalue weighted by Gasteiger charge is 2.36. The number of aryl methyl sites for hydroxylation is 2. The SMILES string of the molecule is CCCCCCCCN(C(=O)C(CO)NC(=O)OC(C)(C)C)C(C(=O)NC(C)CCC)c1ccc(C)cc1C. The lowest BCUT2D eigenvalue weighted by atomic mass is 9.95. The molecule has 3 N–H and O–H groups in total. The second-order valence-corrected chi connectivity index (χ2v) is 11.6. The molecular weight excluding hydrogens is 494 g/mol. The smallest absolute Gasteiger partial charge is 0.408 e. The van der Waals surface area contributed by atoms with Gasteiger partial charge in [-0.25, -0.2) is 4.79 Å². The van der Waals surface area contributed by atoms with Gasteiger partial charge in [-0.05, 0) is 65.5 Å². The minimum atomic E-state index is -1.24. The van der Waals surface area contributed by atoms with Crippen molar-refractivity contribution in [1.29, 1.82) is 0 Å². The normalized spacial score (nSPS) is 13.8. The van der Waals surface area contributed by atoms with Crippen LogP contribution < -0.4 is 10.6 Å². The van der Waals surface area contributed by atoms with Crippen molar-refractivity contribution in [3.8, 4) is 0 Å². The van der Waals surface area contributed by atoms with Crippen LogP contribution in [0.2, 0.25) is 0 Å². The summed E-state index contributed by atoms with van der Waals surface area (Å²) in [7, 11) is 0. The molecule has 8 heteroatoms. The van der Waals surface area contributed by atoms with Gasteiger partial charge in [0.2, 0.25) is 11.8 Å². The lowest BCUT2D eigenvalue weighted by molar-refractivity contribution is -0.143. The Morgan fingerprint density at radius 1 is 0.974 bits per heavy atom. The summed E-state index contributed by atoms with van der Waals surface area (Å²) < 4.78 is 5.33. The van der Waals surface area contributed by atoms with Gasteiger partial charge in [0.1, 0.15) is 17.7 Å². The number of benzene rings is 1. The molecule has 0 saturated heterocycles. The second kappa shape index (κ2) is 17.2. The van der Waals surface area contributed by atoms with E-state index < -0.39 is 36.3 Å². The average molecular weight is 548 g/mol. The van der Waals surface area contributed by atoms with Gasteiger partial charge < -0.3 is 25.4 Å². The number of alkyl carbamates (subject to hydrolysis) is 1. The maximum atomic E-state index is 14.0. The summed E-state index contributed by atoms with van der Waals surface area (Å²) in [6.45, 7) is 15.0. The van der Waals surface area contributed by atoms with Gasteiger partial charge in [-0.1, -0.05) is 76.1 Å². The highest BCUT2D eigenvalue weighted by molar-refractivity contribution is 5.92. The number of hydrogen-bond donors (Lipinski definition) is 3. The van der Waals surface area contributed by atoms with Crippen molar-refractivity contribution in [2.24, 2.45) is 0 Å². The molecule has 0 aliphatic heterocycles. The number of nitrogens with one attached hydrogen (secondary N) is 2. The first-order chi connectivity index (χ1) is 18.3. The summed E-state index contributed by atoms with van der Waals surface area (Å²) >= 11 is 0. The van der Waals surface area contributed by atoms with Crippen LogP contribution >= 0.6 is 0 Å². The molecule has 0 fully saturated rings. The van der Waals surface area contributed by atoms with E-state index >= 15 is 0 Å². The van der Waals surface area contributed by atoms with Crippen LogP contribution in [0.15, 0.2) is 18.2 Å². The van der Waals surface area contributed by atoms with E-state index in [9.17, 15) is 19.5 Å². The molecule has 1 aromatic carbocycles. The fourth-order valence-corrected chi connectivity index (χ4v) is 4.67. The van der Waals surface area contributed by atoms with Crippen molar-refractivity contribution in [3.05, 3.63) is 34.9 Å². The molecule has 0 heterocycles. The third-order valence-corrected chi connectivity index (χ3v) is 6.60. The zero-order valence-corrected chi connectivity index (χ0v) is 25.6. The molecule has 3 unspecified atom stereocenters. The molecule has 8 nitrogen and oxygen atoms in total. The van der Waals surface area contributed by atoms with Crippen molar-refractivity contribution in [2.75, 3.05) is 13.2 Å². The minimum Gasteiger partial charge on any atom is -0.444 e. The zero-order chi connectivity index (χ0) is 29.6. The van der Waals surface area contributed by atoms with Crippen molar-refractivity contribution in [3.63, 3.8) is 0 Å². The van der Waals surface area contributed by atoms with Crippen molar-refractivity contribution < 1.29 is 24.2 Å². The van der Waals surface area contributed by atoms with E-state index in [0.717, 1.165) is 61.6 Å². The fraction of sp³-hybridized carbons (Fsp3) is 0.710. The van der Waals surface area contributed by atoms with Gasteiger partial charge in [-0.3, -0.25) is 9.59 Å². The van der Waals surface area contributed by atoms with Crippen molar-refractivity contribution in [2.45, 2.75) is 130 Å². The first-order valence-corrected chi connectivity index (χ1v) is 14.6. The quantitative estimate of drug-likeness (QED) is 0.229. The standard InChI is InChI=1S/C31H53N3O5/c1-9-11-12-13-14-15-19-34(29(37)26(21-35)33-30(38)39-31(6,7)8)27(28(36)32-24(5)16-10-2)25-18-17-22(3)20-23(25)4/h17-18,20,24,26-27,35H,9-16,19,21H2,1-8H3,(H,32,36)(H,33,38). The van der Waals surface area contributed by atoms with Crippen LogP contribution in [-0.2, 0) is 14.3 Å². The Labute approximate surface area is 236 Å². The highest BCUT2D eigenvalue weighted by Crippen LogP contribution is 2.27. The lowest BCUT2D eigenvalue weighted by Gasteiger charge is -2.35. The number of nitrogens with zero attached hydrogens (tertiary/aromatic N) is 1. The molecule has 39 heavy (non-hydrogen) atoms. The van der Waals surface area contributed by atoms with Crippen LogP contribution in [0.25, 0.3) is 0 Å². The van der Waals surface area contributed by atoms with Crippen LogP contribution in [0.3, 0.4) is 0 Å². The Morgan fingerprint density at radius 2 is 1.62 bits per heavy atom. The molecule has 0 aromatic heterocycles. The molecule has 0 radical (unpaired) electrons. The van der Waals surface area contributed by atoms with Gasteiger partial charge in [-0.15, -0.1) is 0 Å². The molecule has 0 spiro atoms. The molecule has 0 saturated carbocycles. The minimum absolute atomic E-state index is 0.0599. The van der Waals surface area contributed by atoms with Crippen molar-refractivity contribution in [1.82, 2.24) is 15.5 Å². The van der Waals surface area contributed by atoms with Gasteiger partial charge >= 0.3 is 6.09 Å². The van der Waals surface area contributed by atoms with E-state index in [1.54, 1.807) is 20.8 Å². The molecule has 0 aliphatic rings. The van der Waals surface area contributed by atoms with Gasteiger partial charge in [0.15, 0.2) is 0 Å². The molecular formula is C31H53N3O5. The lowest BCUT2D eigenvalue weighted by Crippen LogP contribution is -2.55. The van der Waals surface area contributed by atoms with Crippen LogP contribution in [0.5, 0.6) is 0 Å². The van der Waals surface area contributed by atoms with E-state index in [0.29, 0.717) is 13.0 Å². The number of hydrogen-bond acceptors (Lipinski definition) is 5. The number of rotatable bonds is 16. The first kappa shape index (κ1) is 34.4. The monoisotopic (exact) mass is 547 g/mol. The number of unbranched alkanes of at least 4 members (excludes halogenated alkanes) is 5. The van der Waals surface area contributed by atoms with E-state index in [4.69, 9.17) is 4.74 Å². The molecule has 0 aliphatic carbocycles. The van der Waals surface area contributed by atoms with E-state index in [2.05, 4.69) is 24.5 Å². The summed E-state index contributed by atoms with van der Waals surface area (Å²) in [5.41, 5.74) is 1.93. The Morgan fingerprint density at radius 3 is 2.18 bits per heavy atom. The van der Waals surface area contributed by atoms with Crippen LogP contribution in [-0.4, -0.2) is 58.8 Å². The molecule has 222 valence electrons. The van der Waals surface area contributed by atoms with E-state index in [1.165, 1.54) is 4.90 Å². The summed E-state index contributed by atoms with van der Waals surface area (Å²) in [4.78, 5) is 41.8. The topological polar surface area (TPSA) is 108 Å². The summed E-state index contributed by atoms with van der Waals surface area (Å²) in [6.07, 6.45) is 7.04. The van der Waals surface area contributed by atoms with Crippen molar-refractivity contribution >= 4 is 17.9 Å². The number of carbonyl (C=O) groups is 3. The predicted octanol–water partition coefficient (Wildman–Crippen LogP) is 5.72. The number of carbonyl (C=O) groups excluding carboxylic acids is 3. The molecule has 3 atom stereocenters. The second-order valence-electron chi connectivity index (χ2n) is 11.6. The number of aliphatic hydroxyl groups is 1. The van der Waals surface area contributed by atoms with Gasteiger partial charge in [0.25, 0.3) is 0 Å². The largest absolute Gasteiger partial charge is 0.444 e. The van der Waals surface area contributed by atoms with Crippen LogP contribution in [0.4, 0.5) is 4.79 Å². The zero-order valence-electron chi connectivity index (χ0n) is 25.6. The molecule has 3 amide bonds. The average Bonchev–Trinajstić information content (AvgIpc) is 2.83. The van der Waals surface area contributed by atoms with Crippen LogP contribution in [0.1, 0.15) is 116 Å². The van der Waals surface area contributed by atoms with Gasteiger partial charge in [0, 0.05) is 12.6 Å². The van der Waals surface area contributed by atoms with Crippen LogP contribution in [0, 0.1) is 13.8 Å². The third kappa shape index (κ3) is 12.4. The number of aliphatic hydroxyl groups excluding tert-OH is 1. The predicted molar refractivity (Wildman–Crippen MR) is 157 cm³/mol. The Kier molecular flexibility index (Phi) is 15.1. The highest BCUT2D eigenvalue weighted by atomic mass is 16.6. The third-order valence-electron chi connectivity index (χ3n) is 6.60. The fourth-order valence-electron chi connectivity index (χ4n) is 4.67. The van der Waals surface area contributed by atoms with E-state index in [-0.39, 0.29) is 11.9 Å². The Hall–Kier alpha value is -2.61. The maximum absolute atomic E-state index is 14.0. The Bertz CT molecular complexity index is 912. The number of amides is 3. The summed E-state index contributed by atoms with van der Waals surface area (Å²) in [5.74, 6) is -0.781. The molecule has 0 bridgehead atoms. The number of ether oxygens (including phenoxy) is 1. The molecule has 1 aromatic rings. The summed E-state index contributed by atoms with van der Waals surface area (Å²) in [6, 6.07) is 3.64. The maximum Gasteiger partial charge on any atom is 0.408 e. The summed E-state index contributed by atoms with van der Waals surface area (Å²) in [5, 5.41) is 15.8. The van der Waals surface area contributed by atoms with Gasteiger partial charge in [-0.2, -0.15) is 0 Å².